The van der Waals surface area contributed by atoms with E-state index in [0.717, 1.165) is 0 Å². The second-order valence-electron chi connectivity index (χ2n) is 4.38. The summed E-state index contributed by atoms with van der Waals surface area (Å²) in [6.45, 7) is 1.58. The molecular formula is C10H14N2O3. The summed E-state index contributed by atoms with van der Waals surface area (Å²) in [5.41, 5.74) is -0.733. The number of amides is 3. The summed E-state index contributed by atoms with van der Waals surface area (Å²) < 4.78 is 0. The van der Waals surface area contributed by atoms with Crippen molar-refractivity contribution in [2.24, 2.45) is 5.92 Å². The van der Waals surface area contributed by atoms with Gasteiger partial charge in [0.1, 0.15) is 11.3 Å². The molecule has 2 N–H and O–H groups in total. The quantitative estimate of drug-likeness (QED) is 0.613. The molecule has 15 heavy (non-hydrogen) atoms. The predicted molar refractivity (Wildman–Crippen MR) is 52.0 cm³/mol. The van der Waals surface area contributed by atoms with Gasteiger partial charge in [0.2, 0.25) is 0 Å². The predicted octanol–water partition coefficient (Wildman–Crippen LogP) is 0.344. The van der Waals surface area contributed by atoms with Gasteiger partial charge >= 0.3 is 6.03 Å². The number of carbonyl (C=O) groups is 3. The summed E-state index contributed by atoms with van der Waals surface area (Å²) in [4.78, 5) is 33.8. The number of hydrogen-bond acceptors (Lipinski definition) is 3. The van der Waals surface area contributed by atoms with E-state index in [2.05, 4.69) is 10.6 Å². The van der Waals surface area contributed by atoms with E-state index in [1.807, 2.05) is 0 Å². The number of rotatable bonds is 1. The number of Topliss-reactive ketones (excluding diaryl/α,β-unsaturated/α-hetero) is 1. The van der Waals surface area contributed by atoms with Gasteiger partial charge in [0.05, 0.1) is 0 Å². The number of carbonyl (C=O) groups excluding carboxylic acids is 3. The van der Waals surface area contributed by atoms with Crippen LogP contribution in [-0.2, 0) is 9.59 Å². The third kappa shape index (κ3) is 1.62. The molecule has 1 heterocycles. The second kappa shape index (κ2) is 3.32. The highest BCUT2D eigenvalue weighted by Gasteiger charge is 2.48. The van der Waals surface area contributed by atoms with Crippen molar-refractivity contribution in [2.75, 3.05) is 0 Å². The number of hydrogen-bond donors (Lipinski definition) is 2. The highest BCUT2D eigenvalue weighted by Crippen LogP contribution is 2.34. The van der Waals surface area contributed by atoms with Crippen molar-refractivity contribution >= 4 is 17.7 Å². The summed E-state index contributed by atoms with van der Waals surface area (Å²) in [5, 5.41) is 4.92. The van der Waals surface area contributed by atoms with Gasteiger partial charge in [0, 0.05) is 5.92 Å². The van der Waals surface area contributed by atoms with Crippen molar-refractivity contribution in [3.05, 3.63) is 0 Å². The van der Waals surface area contributed by atoms with Crippen molar-refractivity contribution in [3.63, 3.8) is 0 Å². The SMILES string of the molecule is CC(=O)C1CCC2(CC1)NC(=O)NC2=O. The van der Waals surface area contributed by atoms with Gasteiger partial charge in [-0.1, -0.05) is 0 Å². The molecule has 0 atom stereocenters. The topological polar surface area (TPSA) is 75.3 Å². The molecule has 2 rings (SSSR count). The Hall–Kier alpha value is -1.39. The fraction of sp³-hybridized carbons (Fsp3) is 0.700. The molecule has 1 saturated carbocycles. The molecule has 2 fully saturated rings. The Morgan fingerprint density at radius 3 is 2.33 bits per heavy atom. The molecule has 1 saturated heterocycles. The summed E-state index contributed by atoms with van der Waals surface area (Å²) in [5.74, 6) is -0.00925. The molecule has 5 heteroatoms. The Balaban J connectivity index is 2.06. The fourth-order valence-corrected chi connectivity index (χ4v) is 2.40. The minimum absolute atomic E-state index is 0.0564. The van der Waals surface area contributed by atoms with Gasteiger partial charge < -0.3 is 5.32 Å². The third-order valence-corrected chi connectivity index (χ3v) is 3.43. The molecule has 1 spiro atoms. The first-order chi connectivity index (χ1) is 7.03. The molecule has 0 radical (unpaired) electrons. The van der Waals surface area contributed by atoms with Crippen LogP contribution in [0, 0.1) is 5.92 Å². The minimum Gasteiger partial charge on any atom is -0.323 e. The van der Waals surface area contributed by atoms with Gasteiger partial charge in [-0.05, 0) is 32.6 Å². The van der Waals surface area contributed by atoms with Gasteiger partial charge in [-0.3, -0.25) is 14.9 Å². The average Bonchev–Trinajstić information content (AvgIpc) is 2.42. The Labute approximate surface area is 87.6 Å². The Bertz CT molecular complexity index is 330. The molecule has 3 amide bonds. The van der Waals surface area contributed by atoms with E-state index < -0.39 is 11.6 Å². The molecule has 0 aromatic carbocycles. The van der Waals surface area contributed by atoms with Crippen LogP contribution in [0.3, 0.4) is 0 Å². The van der Waals surface area contributed by atoms with Gasteiger partial charge in [0.25, 0.3) is 5.91 Å². The van der Waals surface area contributed by atoms with E-state index in [9.17, 15) is 14.4 Å². The molecular weight excluding hydrogens is 196 g/mol. The van der Waals surface area contributed by atoms with Crippen molar-refractivity contribution in [2.45, 2.75) is 38.1 Å². The van der Waals surface area contributed by atoms with Crippen molar-refractivity contribution in [3.8, 4) is 0 Å². The molecule has 0 aromatic rings. The number of urea groups is 1. The normalized spacial score (nSPS) is 35.1. The lowest BCUT2D eigenvalue weighted by atomic mass is 9.75. The van der Waals surface area contributed by atoms with E-state index >= 15 is 0 Å². The van der Waals surface area contributed by atoms with Crippen LogP contribution in [0.15, 0.2) is 0 Å². The van der Waals surface area contributed by atoms with E-state index in [4.69, 9.17) is 0 Å². The highest BCUT2D eigenvalue weighted by molar-refractivity contribution is 6.07. The van der Waals surface area contributed by atoms with Crippen LogP contribution >= 0.6 is 0 Å². The molecule has 1 aliphatic carbocycles. The fourth-order valence-electron chi connectivity index (χ4n) is 2.40. The minimum atomic E-state index is -0.733. The molecule has 82 valence electrons. The summed E-state index contributed by atoms with van der Waals surface area (Å²) in [6.07, 6.45) is 2.50. The van der Waals surface area contributed by atoms with Crippen LogP contribution in [0.1, 0.15) is 32.6 Å². The van der Waals surface area contributed by atoms with Gasteiger partial charge in [-0.2, -0.15) is 0 Å². The largest absolute Gasteiger partial charge is 0.323 e. The van der Waals surface area contributed by atoms with Crippen LogP contribution in [0.25, 0.3) is 0 Å². The Morgan fingerprint density at radius 2 is 1.93 bits per heavy atom. The first-order valence-corrected chi connectivity index (χ1v) is 5.17. The molecule has 1 aliphatic heterocycles. The average molecular weight is 210 g/mol. The van der Waals surface area contributed by atoms with E-state index in [-0.39, 0.29) is 17.6 Å². The maximum Gasteiger partial charge on any atom is 0.322 e. The van der Waals surface area contributed by atoms with E-state index in [1.54, 1.807) is 6.92 Å². The maximum atomic E-state index is 11.6. The standard InChI is InChI=1S/C10H14N2O3/c1-6(13)7-2-4-10(5-3-7)8(14)11-9(15)12-10/h7H,2-5H2,1H3,(H2,11,12,14,15). The number of ketones is 1. The zero-order valence-electron chi connectivity index (χ0n) is 8.63. The molecule has 0 unspecified atom stereocenters. The zero-order chi connectivity index (χ0) is 11.1. The van der Waals surface area contributed by atoms with Gasteiger partial charge in [-0.15, -0.1) is 0 Å². The summed E-state index contributed by atoms with van der Waals surface area (Å²) >= 11 is 0. The van der Waals surface area contributed by atoms with Crippen LogP contribution in [-0.4, -0.2) is 23.3 Å². The van der Waals surface area contributed by atoms with Crippen LogP contribution in [0.5, 0.6) is 0 Å². The highest BCUT2D eigenvalue weighted by atomic mass is 16.2. The summed E-state index contributed by atoms with van der Waals surface area (Å²) in [6, 6.07) is -0.415. The maximum absolute atomic E-state index is 11.6. The molecule has 5 nitrogen and oxygen atoms in total. The van der Waals surface area contributed by atoms with Crippen molar-refractivity contribution in [1.82, 2.24) is 10.6 Å². The van der Waals surface area contributed by atoms with E-state index in [1.165, 1.54) is 0 Å². The smallest absolute Gasteiger partial charge is 0.322 e. The van der Waals surface area contributed by atoms with Gasteiger partial charge in [-0.25, -0.2) is 4.79 Å². The number of nitrogens with one attached hydrogen (secondary N) is 2. The lowest BCUT2D eigenvalue weighted by Gasteiger charge is -2.33. The van der Waals surface area contributed by atoms with Crippen molar-refractivity contribution < 1.29 is 14.4 Å². The molecule has 0 bridgehead atoms. The molecule has 2 aliphatic rings. The summed E-state index contributed by atoms with van der Waals surface area (Å²) in [7, 11) is 0. The van der Waals surface area contributed by atoms with Crippen molar-refractivity contribution in [1.29, 1.82) is 0 Å². The number of imide groups is 1. The lowest BCUT2D eigenvalue weighted by Crippen LogP contribution is -2.49. The first-order valence-electron chi connectivity index (χ1n) is 5.17. The van der Waals surface area contributed by atoms with Crippen LogP contribution in [0.2, 0.25) is 0 Å². The Morgan fingerprint density at radius 1 is 1.33 bits per heavy atom. The van der Waals surface area contributed by atoms with Crippen LogP contribution < -0.4 is 10.6 Å². The lowest BCUT2D eigenvalue weighted by molar-refractivity contribution is -0.128. The Kier molecular flexibility index (Phi) is 2.25. The third-order valence-electron chi connectivity index (χ3n) is 3.43. The second-order valence-corrected chi connectivity index (χ2v) is 4.38. The first kappa shape index (κ1) is 10.1. The van der Waals surface area contributed by atoms with E-state index in [0.29, 0.717) is 25.7 Å². The monoisotopic (exact) mass is 210 g/mol. The molecule has 0 aromatic heterocycles. The zero-order valence-corrected chi connectivity index (χ0v) is 8.63. The van der Waals surface area contributed by atoms with Gasteiger partial charge in [0.15, 0.2) is 0 Å². The van der Waals surface area contributed by atoms with Crippen LogP contribution in [0.4, 0.5) is 4.79 Å².